The predicted octanol–water partition coefficient (Wildman–Crippen LogP) is 3.90. The molecule has 0 spiro atoms. The fourth-order valence-electron chi connectivity index (χ4n) is 3.18. The number of ether oxygens (including phenoxy) is 2. The lowest BCUT2D eigenvalue weighted by atomic mass is 9.89. The molecule has 2 aliphatic heterocycles. The van der Waals surface area contributed by atoms with Crippen molar-refractivity contribution in [2.24, 2.45) is 0 Å². The Morgan fingerprint density at radius 1 is 1.24 bits per heavy atom. The lowest BCUT2D eigenvalue weighted by Crippen LogP contribution is -2.57. The molecule has 4 nitrogen and oxygen atoms in total. The van der Waals surface area contributed by atoms with E-state index in [4.69, 9.17) is 9.47 Å². The van der Waals surface area contributed by atoms with E-state index in [9.17, 15) is 18.0 Å². The molecule has 0 aliphatic carbocycles. The molecule has 136 valence electrons. The monoisotopic (exact) mass is 355 g/mol. The van der Waals surface area contributed by atoms with Crippen molar-refractivity contribution in [3.05, 3.63) is 41.2 Å². The van der Waals surface area contributed by atoms with Gasteiger partial charge in [0, 0.05) is 11.6 Å². The average Bonchev–Trinajstić information content (AvgIpc) is 2.47. The van der Waals surface area contributed by atoms with E-state index in [1.54, 1.807) is 31.7 Å². The van der Waals surface area contributed by atoms with Gasteiger partial charge in [-0.3, -0.25) is 4.90 Å². The van der Waals surface area contributed by atoms with Crippen molar-refractivity contribution in [3.63, 3.8) is 0 Å². The first kappa shape index (κ1) is 17.8. The molecule has 3 rings (SSSR count). The predicted molar refractivity (Wildman–Crippen MR) is 85.4 cm³/mol. The van der Waals surface area contributed by atoms with Crippen molar-refractivity contribution in [3.8, 4) is 0 Å². The smallest absolute Gasteiger partial charge is 0.411 e. The summed E-state index contributed by atoms with van der Waals surface area (Å²) in [7, 11) is 0. The molecule has 2 atom stereocenters. The molecule has 25 heavy (non-hydrogen) atoms. The van der Waals surface area contributed by atoms with Crippen molar-refractivity contribution < 1.29 is 27.4 Å². The number of carbonyl (C=O) groups excluding carboxylic acids is 1. The van der Waals surface area contributed by atoms with Crippen LogP contribution in [-0.4, -0.2) is 41.9 Å². The van der Waals surface area contributed by atoms with Crippen LogP contribution in [0, 0.1) is 17.5 Å². The molecule has 1 amide bonds. The SMILES string of the molecule is CC(C)(C)OC(=O)N1C2C=C(c3cc(F)cc(F)c3F)CC1COC2. The molecule has 0 aromatic heterocycles. The third-order valence-corrected chi connectivity index (χ3v) is 4.14. The van der Waals surface area contributed by atoms with E-state index in [1.807, 2.05) is 0 Å². The lowest BCUT2D eigenvalue weighted by Gasteiger charge is -2.44. The molecule has 1 saturated heterocycles. The molecule has 0 N–H and O–H groups in total. The molecule has 7 heteroatoms. The van der Waals surface area contributed by atoms with Crippen LogP contribution in [0.4, 0.5) is 18.0 Å². The lowest BCUT2D eigenvalue weighted by molar-refractivity contribution is -0.0511. The van der Waals surface area contributed by atoms with Crippen LogP contribution in [0.25, 0.3) is 5.57 Å². The van der Waals surface area contributed by atoms with Gasteiger partial charge in [0.1, 0.15) is 11.4 Å². The van der Waals surface area contributed by atoms with Crippen LogP contribution in [0.1, 0.15) is 32.8 Å². The van der Waals surface area contributed by atoms with E-state index in [1.165, 1.54) is 0 Å². The molecule has 0 saturated carbocycles. The zero-order valence-corrected chi connectivity index (χ0v) is 14.3. The van der Waals surface area contributed by atoms with Gasteiger partial charge in [-0.05, 0) is 38.8 Å². The molecular weight excluding hydrogens is 335 g/mol. The molecule has 2 heterocycles. The van der Waals surface area contributed by atoms with E-state index >= 15 is 0 Å². The summed E-state index contributed by atoms with van der Waals surface area (Å²) in [5.41, 5.74) is -0.291. The molecule has 2 aliphatic rings. The number of hydrogen-bond acceptors (Lipinski definition) is 3. The van der Waals surface area contributed by atoms with E-state index in [0.29, 0.717) is 11.6 Å². The third kappa shape index (κ3) is 3.66. The van der Waals surface area contributed by atoms with Gasteiger partial charge in [0.15, 0.2) is 11.6 Å². The highest BCUT2D eigenvalue weighted by molar-refractivity contribution is 5.75. The fraction of sp³-hybridized carbons (Fsp3) is 0.500. The van der Waals surface area contributed by atoms with Gasteiger partial charge in [-0.2, -0.15) is 0 Å². The van der Waals surface area contributed by atoms with Crippen LogP contribution in [-0.2, 0) is 9.47 Å². The van der Waals surface area contributed by atoms with Gasteiger partial charge in [-0.1, -0.05) is 6.08 Å². The summed E-state index contributed by atoms with van der Waals surface area (Å²) >= 11 is 0. The number of halogens is 3. The first-order chi connectivity index (χ1) is 11.7. The Bertz CT molecular complexity index is 727. The quantitative estimate of drug-likeness (QED) is 0.718. The maximum Gasteiger partial charge on any atom is 0.411 e. The first-order valence-corrected chi connectivity index (χ1v) is 8.10. The van der Waals surface area contributed by atoms with Crippen LogP contribution in [0.3, 0.4) is 0 Å². The third-order valence-electron chi connectivity index (χ3n) is 4.14. The van der Waals surface area contributed by atoms with Crippen LogP contribution in [0.2, 0.25) is 0 Å². The number of rotatable bonds is 1. The van der Waals surface area contributed by atoms with Crippen LogP contribution >= 0.6 is 0 Å². The molecule has 1 fully saturated rings. The van der Waals surface area contributed by atoms with Crippen molar-refractivity contribution in [2.75, 3.05) is 13.2 Å². The summed E-state index contributed by atoms with van der Waals surface area (Å²) in [4.78, 5) is 14.0. The van der Waals surface area contributed by atoms with Crippen LogP contribution in [0.15, 0.2) is 18.2 Å². The Hall–Kier alpha value is -2.02. The first-order valence-electron chi connectivity index (χ1n) is 8.10. The normalized spacial score (nSPS) is 23.3. The van der Waals surface area contributed by atoms with Gasteiger partial charge < -0.3 is 9.47 Å². The van der Waals surface area contributed by atoms with Crippen LogP contribution < -0.4 is 0 Å². The zero-order chi connectivity index (χ0) is 18.4. The highest BCUT2D eigenvalue weighted by Crippen LogP contribution is 2.35. The van der Waals surface area contributed by atoms with Crippen molar-refractivity contribution in [1.29, 1.82) is 0 Å². The maximum atomic E-state index is 14.1. The minimum absolute atomic E-state index is 0.113. The largest absolute Gasteiger partial charge is 0.444 e. The summed E-state index contributed by atoms with van der Waals surface area (Å²) in [6.07, 6.45) is 1.37. The van der Waals surface area contributed by atoms with Gasteiger partial charge >= 0.3 is 6.09 Å². The summed E-state index contributed by atoms with van der Waals surface area (Å²) in [5, 5.41) is 0. The molecule has 1 aromatic rings. The standard InChI is InChI=1S/C18H20F3NO3/c1-18(2,3)25-17(23)22-12-4-10(5-13(22)9-24-8-12)14-6-11(19)7-15(20)16(14)21/h4,6-7,12-13H,5,8-9H2,1-3H3. The second-order valence-corrected chi connectivity index (χ2v) is 7.29. The Morgan fingerprint density at radius 3 is 2.60 bits per heavy atom. The van der Waals surface area contributed by atoms with Gasteiger partial charge in [-0.15, -0.1) is 0 Å². The number of hydrogen-bond donors (Lipinski definition) is 0. The molecule has 1 aromatic carbocycles. The number of morpholine rings is 1. The maximum absolute atomic E-state index is 14.1. The number of fused-ring (bicyclic) bond motifs is 2. The fourth-order valence-corrected chi connectivity index (χ4v) is 3.18. The van der Waals surface area contributed by atoms with E-state index in [-0.39, 0.29) is 31.2 Å². The van der Waals surface area contributed by atoms with Crippen molar-refractivity contribution in [2.45, 2.75) is 44.9 Å². The van der Waals surface area contributed by atoms with E-state index in [0.717, 1.165) is 6.07 Å². The topological polar surface area (TPSA) is 38.8 Å². The van der Waals surface area contributed by atoms with Crippen molar-refractivity contribution in [1.82, 2.24) is 4.90 Å². The summed E-state index contributed by atoms with van der Waals surface area (Å²) < 4.78 is 52.0. The average molecular weight is 355 g/mol. The van der Waals surface area contributed by atoms with Crippen LogP contribution in [0.5, 0.6) is 0 Å². The Morgan fingerprint density at radius 2 is 1.96 bits per heavy atom. The summed E-state index contributed by atoms with van der Waals surface area (Å²) in [5.74, 6) is -3.16. The molecule has 2 unspecified atom stereocenters. The Balaban J connectivity index is 1.93. The zero-order valence-electron chi connectivity index (χ0n) is 14.3. The van der Waals surface area contributed by atoms with E-state index in [2.05, 4.69) is 0 Å². The minimum Gasteiger partial charge on any atom is -0.444 e. The minimum atomic E-state index is -1.23. The number of nitrogens with zero attached hydrogens (tertiary/aromatic N) is 1. The van der Waals surface area contributed by atoms with Gasteiger partial charge in [-0.25, -0.2) is 18.0 Å². The molecular formula is C18H20F3NO3. The van der Waals surface area contributed by atoms with Crippen molar-refractivity contribution >= 4 is 11.7 Å². The molecule has 2 bridgehead atoms. The second-order valence-electron chi connectivity index (χ2n) is 7.29. The van der Waals surface area contributed by atoms with Gasteiger partial charge in [0.05, 0.1) is 25.3 Å². The number of carbonyl (C=O) groups is 1. The highest BCUT2D eigenvalue weighted by atomic mass is 19.2. The van der Waals surface area contributed by atoms with Gasteiger partial charge in [0.25, 0.3) is 0 Å². The summed E-state index contributed by atoms with van der Waals surface area (Å²) in [6.45, 7) is 5.79. The summed E-state index contributed by atoms with van der Waals surface area (Å²) in [6, 6.07) is 0.644. The number of benzene rings is 1. The Kier molecular flexibility index (Phi) is 4.53. The number of amides is 1. The van der Waals surface area contributed by atoms with Gasteiger partial charge in [0.2, 0.25) is 0 Å². The van der Waals surface area contributed by atoms with E-state index < -0.39 is 35.2 Å². The highest BCUT2D eigenvalue weighted by Gasteiger charge is 2.40. The Labute approximate surface area is 144 Å². The molecule has 0 radical (unpaired) electrons. The second kappa shape index (κ2) is 6.37.